The van der Waals surface area contributed by atoms with Crippen molar-refractivity contribution in [3.8, 4) is 0 Å². The van der Waals surface area contributed by atoms with Gasteiger partial charge in [-0.2, -0.15) is 0 Å². The second-order valence-electron chi connectivity index (χ2n) is 8.96. The van der Waals surface area contributed by atoms with Crippen LogP contribution in [-0.2, 0) is 38.7 Å². The Morgan fingerprint density at radius 2 is 0.781 bits per heavy atom. The van der Waals surface area contributed by atoms with Gasteiger partial charge in [0.1, 0.15) is 0 Å². The summed E-state index contributed by atoms with van der Waals surface area (Å²) in [6.07, 6.45) is 0. The van der Waals surface area contributed by atoms with Crippen LogP contribution >= 0.6 is 0 Å². The first kappa shape index (κ1) is 30.5. The number of carboxylic acids is 3. The molecular formula is C20H36N4O7Zn. The molecule has 0 spiro atoms. The number of ketones is 1. The minimum Gasteiger partial charge on any atom is -0.480 e. The first-order chi connectivity index (χ1) is 14.4. The Hall–Kier alpha value is -1.46. The summed E-state index contributed by atoms with van der Waals surface area (Å²) in [5.41, 5.74) is -0.511. The molecule has 1 heterocycles. The molecule has 1 rings (SSSR count). The van der Waals surface area contributed by atoms with E-state index in [-0.39, 0.29) is 51.4 Å². The van der Waals surface area contributed by atoms with Gasteiger partial charge in [0.2, 0.25) is 0 Å². The largest absolute Gasteiger partial charge is 0.480 e. The zero-order valence-corrected chi connectivity index (χ0v) is 22.4. The van der Waals surface area contributed by atoms with Gasteiger partial charge < -0.3 is 15.3 Å². The first-order valence-corrected chi connectivity index (χ1v) is 10.4. The molecule has 1 saturated heterocycles. The summed E-state index contributed by atoms with van der Waals surface area (Å²) < 4.78 is 0. The third-order valence-corrected chi connectivity index (χ3v) is 5.21. The zero-order chi connectivity index (χ0) is 23.6. The smallest absolute Gasteiger partial charge is 0.317 e. The molecule has 12 heteroatoms. The second-order valence-corrected chi connectivity index (χ2v) is 8.96. The third-order valence-electron chi connectivity index (χ3n) is 5.21. The zero-order valence-electron chi connectivity index (χ0n) is 19.5. The van der Waals surface area contributed by atoms with Gasteiger partial charge in [-0.3, -0.25) is 38.8 Å². The van der Waals surface area contributed by atoms with Crippen LogP contribution in [0.5, 0.6) is 0 Å². The molecule has 0 aromatic rings. The van der Waals surface area contributed by atoms with Gasteiger partial charge in [-0.1, -0.05) is 20.8 Å². The quantitative estimate of drug-likeness (QED) is 0.349. The Labute approximate surface area is 202 Å². The van der Waals surface area contributed by atoms with E-state index in [1.54, 1.807) is 14.7 Å². The first-order valence-electron chi connectivity index (χ1n) is 10.4. The number of Topliss-reactive ketones (excluding diaryl/α,β-unsaturated/α-hetero) is 1. The van der Waals surface area contributed by atoms with Crippen LogP contribution in [0.25, 0.3) is 0 Å². The fourth-order valence-electron chi connectivity index (χ4n) is 3.23. The van der Waals surface area contributed by atoms with Crippen molar-refractivity contribution >= 4 is 23.7 Å². The van der Waals surface area contributed by atoms with Gasteiger partial charge in [-0.25, -0.2) is 0 Å². The van der Waals surface area contributed by atoms with E-state index in [4.69, 9.17) is 5.11 Å². The molecule has 3 N–H and O–H groups in total. The number of hydrogen-bond donors (Lipinski definition) is 3. The Bertz CT molecular complexity index is 610. The van der Waals surface area contributed by atoms with Crippen molar-refractivity contribution in [2.45, 2.75) is 20.8 Å². The number of carbonyl (C=O) groups is 4. The Kier molecular flexibility index (Phi) is 14.0. The predicted octanol–water partition coefficient (Wildman–Crippen LogP) is -0.925. The Morgan fingerprint density at radius 1 is 0.562 bits per heavy atom. The van der Waals surface area contributed by atoms with Crippen LogP contribution in [0.1, 0.15) is 20.8 Å². The molecule has 1 aliphatic rings. The molecule has 1 fully saturated rings. The van der Waals surface area contributed by atoms with E-state index in [2.05, 4.69) is 0 Å². The van der Waals surface area contributed by atoms with Crippen LogP contribution in [0.15, 0.2) is 0 Å². The molecule has 0 aromatic heterocycles. The average Bonchev–Trinajstić information content (AvgIpc) is 2.61. The summed E-state index contributed by atoms with van der Waals surface area (Å²) in [7, 11) is 0. The summed E-state index contributed by atoms with van der Waals surface area (Å²) in [6, 6.07) is 0. The topological polar surface area (TPSA) is 142 Å². The number of carbonyl (C=O) groups excluding carboxylic acids is 1. The number of hydrogen-bond acceptors (Lipinski definition) is 8. The van der Waals surface area contributed by atoms with Gasteiger partial charge in [-0.15, -0.1) is 0 Å². The fraction of sp³-hybridized carbons (Fsp3) is 0.800. The minimum atomic E-state index is -0.992. The van der Waals surface area contributed by atoms with E-state index >= 15 is 0 Å². The van der Waals surface area contributed by atoms with E-state index in [1.807, 2.05) is 25.7 Å². The van der Waals surface area contributed by atoms with Crippen LogP contribution in [0, 0.1) is 5.41 Å². The molecule has 32 heavy (non-hydrogen) atoms. The molecule has 0 atom stereocenters. The maximum absolute atomic E-state index is 12.6. The Balaban J connectivity index is 0.00000961. The van der Waals surface area contributed by atoms with Crippen LogP contribution in [0.4, 0.5) is 0 Å². The summed E-state index contributed by atoms with van der Waals surface area (Å²) in [4.78, 5) is 53.4. The Morgan fingerprint density at radius 3 is 0.969 bits per heavy atom. The van der Waals surface area contributed by atoms with Crippen molar-refractivity contribution in [3.63, 3.8) is 0 Å². The summed E-state index contributed by atoms with van der Waals surface area (Å²) >= 11 is 0. The van der Waals surface area contributed by atoms with Gasteiger partial charge >= 0.3 is 17.9 Å². The monoisotopic (exact) mass is 508 g/mol. The van der Waals surface area contributed by atoms with Crippen molar-refractivity contribution in [2.75, 3.05) is 78.5 Å². The molecule has 0 bridgehead atoms. The fourth-order valence-corrected chi connectivity index (χ4v) is 3.23. The minimum absolute atomic E-state index is 0. The normalized spacial score (nSPS) is 18.7. The molecule has 0 aromatic carbocycles. The maximum atomic E-state index is 12.6. The predicted molar refractivity (Wildman–Crippen MR) is 113 cm³/mol. The van der Waals surface area contributed by atoms with Crippen molar-refractivity contribution in [3.05, 3.63) is 0 Å². The van der Waals surface area contributed by atoms with Crippen LogP contribution in [0.3, 0.4) is 0 Å². The van der Waals surface area contributed by atoms with Gasteiger partial charge in [-0.05, 0) is 0 Å². The standard InChI is InChI=1S/C20H36N4O7.Zn/c1-20(2,3)16(25)12-21-4-6-22(13-17(26)27)8-10-24(15-19(30)31)11-9-23(7-5-21)14-18(28)29;/h4-15H2,1-3H3,(H,26,27)(H,28,29)(H,30,31);. The molecule has 0 saturated carbocycles. The molecule has 0 amide bonds. The number of carboxylic acid groups (broad SMARTS) is 3. The van der Waals surface area contributed by atoms with Crippen molar-refractivity contribution in [1.29, 1.82) is 0 Å². The van der Waals surface area contributed by atoms with Crippen LogP contribution < -0.4 is 0 Å². The summed E-state index contributed by atoms with van der Waals surface area (Å²) in [6.45, 7) is 8.33. The van der Waals surface area contributed by atoms with E-state index in [0.29, 0.717) is 52.4 Å². The molecule has 180 valence electrons. The molecule has 0 aliphatic carbocycles. The SMILES string of the molecule is CC(C)(C)C(=O)CN1CCN(CC(=O)O)CCN(CC(=O)O)CCN(CC(=O)O)CC1.[Zn]. The van der Waals surface area contributed by atoms with Gasteiger partial charge in [0.15, 0.2) is 5.78 Å². The number of aliphatic carboxylic acids is 3. The molecule has 11 nitrogen and oxygen atoms in total. The van der Waals surface area contributed by atoms with E-state index in [9.17, 15) is 29.4 Å². The second kappa shape index (κ2) is 14.6. The van der Waals surface area contributed by atoms with Gasteiger partial charge in [0.05, 0.1) is 26.2 Å². The molecule has 0 unspecified atom stereocenters. The van der Waals surface area contributed by atoms with Crippen molar-refractivity contribution in [2.24, 2.45) is 5.41 Å². The number of nitrogens with zero attached hydrogens (tertiary/aromatic N) is 4. The van der Waals surface area contributed by atoms with Crippen molar-refractivity contribution < 1.29 is 54.0 Å². The van der Waals surface area contributed by atoms with Crippen LogP contribution in [0.2, 0.25) is 0 Å². The van der Waals surface area contributed by atoms with E-state index in [1.165, 1.54) is 0 Å². The van der Waals surface area contributed by atoms with Gasteiger partial charge in [0, 0.05) is 77.3 Å². The van der Waals surface area contributed by atoms with Gasteiger partial charge in [0.25, 0.3) is 0 Å². The van der Waals surface area contributed by atoms with Crippen molar-refractivity contribution in [1.82, 2.24) is 19.6 Å². The van der Waals surface area contributed by atoms with E-state index < -0.39 is 23.3 Å². The third kappa shape index (κ3) is 13.2. The average molecular weight is 510 g/mol. The maximum Gasteiger partial charge on any atom is 0.317 e. The molecule has 0 radical (unpaired) electrons. The van der Waals surface area contributed by atoms with E-state index in [0.717, 1.165) is 0 Å². The van der Waals surface area contributed by atoms with Crippen LogP contribution in [-0.4, -0.2) is 137 Å². The molecule has 1 aliphatic heterocycles. The number of rotatable bonds is 8. The summed E-state index contributed by atoms with van der Waals surface area (Å²) in [5, 5.41) is 27.6. The summed E-state index contributed by atoms with van der Waals surface area (Å²) in [5.74, 6) is -2.88. The molecular weight excluding hydrogens is 474 g/mol.